The summed E-state index contributed by atoms with van der Waals surface area (Å²) >= 11 is 0. The van der Waals surface area contributed by atoms with E-state index in [-0.39, 0.29) is 18.9 Å². The lowest BCUT2D eigenvalue weighted by Crippen LogP contribution is -2.32. The molecule has 0 heterocycles. The van der Waals surface area contributed by atoms with Gasteiger partial charge in [0.2, 0.25) is 5.91 Å². The molecule has 1 aromatic carbocycles. The molecule has 2 amide bonds. The Morgan fingerprint density at radius 1 is 1.29 bits per heavy atom. The molecule has 0 aliphatic heterocycles. The summed E-state index contributed by atoms with van der Waals surface area (Å²) in [6.45, 7) is 1.52. The van der Waals surface area contributed by atoms with Crippen molar-refractivity contribution in [2.24, 2.45) is 5.73 Å². The van der Waals surface area contributed by atoms with Crippen molar-refractivity contribution in [2.45, 2.75) is 19.4 Å². The van der Waals surface area contributed by atoms with Crippen LogP contribution in [0.3, 0.4) is 0 Å². The number of hydrogen-bond donors (Lipinski definition) is 2. The van der Waals surface area contributed by atoms with Gasteiger partial charge in [0, 0.05) is 12.6 Å². The van der Waals surface area contributed by atoms with Crippen molar-refractivity contribution in [3.05, 3.63) is 42.0 Å². The summed E-state index contributed by atoms with van der Waals surface area (Å²) in [5, 5.41) is 2.54. The molecule has 112 valence electrons. The predicted molar refractivity (Wildman–Crippen MR) is 77.9 cm³/mol. The van der Waals surface area contributed by atoms with Crippen molar-refractivity contribution >= 4 is 23.9 Å². The summed E-state index contributed by atoms with van der Waals surface area (Å²) in [5.41, 5.74) is 5.87. The molecule has 0 fully saturated rings. The van der Waals surface area contributed by atoms with Crippen LogP contribution < -0.4 is 11.1 Å². The lowest BCUT2D eigenvalue weighted by Gasteiger charge is -2.09. The first-order valence-electron chi connectivity index (χ1n) is 6.49. The van der Waals surface area contributed by atoms with Crippen LogP contribution in [0.1, 0.15) is 18.9 Å². The minimum absolute atomic E-state index is 0.0253. The minimum atomic E-state index is -0.967. The average Bonchev–Trinajstić information content (AvgIpc) is 2.46. The molecule has 0 spiro atoms. The third-order valence-electron chi connectivity index (χ3n) is 2.56. The lowest BCUT2D eigenvalue weighted by atomic mass is 10.2. The van der Waals surface area contributed by atoms with Gasteiger partial charge >= 0.3 is 5.97 Å². The summed E-state index contributed by atoms with van der Waals surface area (Å²) < 4.78 is 4.74. The van der Waals surface area contributed by atoms with Crippen LogP contribution in [0, 0.1) is 0 Å². The molecular formula is C15H18N2O4. The number of carbonyl (C=O) groups excluding carboxylic acids is 3. The van der Waals surface area contributed by atoms with Gasteiger partial charge in [-0.3, -0.25) is 14.4 Å². The van der Waals surface area contributed by atoms with E-state index in [1.807, 2.05) is 30.3 Å². The maximum Gasteiger partial charge on any atom is 0.308 e. The van der Waals surface area contributed by atoms with Crippen LogP contribution in [-0.4, -0.2) is 30.4 Å². The molecule has 0 unspecified atom stereocenters. The molecule has 0 radical (unpaired) electrons. The number of benzene rings is 1. The summed E-state index contributed by atoms with van der Waals surface area (Å²) in [6.07, 6.45) is 2.06. The van der Waals surface area contributed by atoms with Gasteiger partial charge in [0.15, 0.2) is 6.10 Å². The summed E-state index contributed by atoms with van der Waals surface area (Å²) in [4.78, 5) is 33.5. The van der Waals surface area contributed by atoms with Gasteiger partial charge in [-0.25, -0.2) is 0 Å². The Morgan fingerprint density at radius 2 is 1.95 bits per heavy atom. The van der Waals surface area contributed by atoms with Crippen molar-refractivity contribution in [3.63, 3.8) is 0 Å². The van der Waals surface area contributed by atoms with Gasteiger partial charge in [-0.15, -0.1) is 0 Å². The van der Waals surface area contributed by atoms with E-state index < -0.39 is 18.0 Å². The lowest BCUT2D eigenvalue weighted by molar-refractivity contribution is -0.153. The number of ether oxygens (including phenoxy) is 1. The monoisotopic (exact) mass is 290 g/mol. The molecule has 1 aromatic rings. The minimum Gasteiger partial charge on any atom is -0.453 e. The molecule has 3 N–H and O–H groups in total. The molecule has 6 heteroatoms. The highest BCUT2D eigenvalue weighted by Gasteiger charge is 2.13. The van der Waals surface area contributed by atoms with Crippen molar-refractivity contribution in [3.8, 4) is 0 Å². The topological polar surface area (TPSA) is 98.5 Å². The van der Waals surface area contributed by atoms with E-state index in [9.17, 15) is 14.4 Å². The molecule has 1 rings (SSSR count). The number of esters is 1. The number of nitrogens with one attached hydrogen (secondary N) is 1. The molecule has 0 saturated carbocycles. The molecule has 6 nitrogen and oxygen atoms in total. The number of carbonyl (C=O) groups is 3. The van der Waals surface area contributed by atoms with E-state index in [1.54, 1.807) is 6.08 Å². The van der Waals surface area contributed by atoms with Gasteiger partial charge in [0.25, 0.3) is 5.91 Å². The quantitative estimate of drug-likeness (QED) is 0.568. The van der Waals surface area contributed by atoms with Crippen LogP contribution >= 0.6 is 0 Å². The molecular weight excluding hydrogens is 272 g/mol. The van der Waals surface area contributed by atoms with Crippen molar-refractivity contribution < 1.29 is 19.1 Å². The highest BCUT2D eigenvalue weighted by molar-refractivity contribution is 5.91. The van der Waals surface area contributed by atoms with E-state index in [0.29, 0.717) is 0 Å². The summed E-state index contributed by atoms with van der Waals surface area (Å²) in [5.74, 6) is -1.61. The largest absolute Gasteiger partial charge is 0.453 e. The van der Waals surface area contributed by atoms with Crippen LogP contribution in [0.4, 0.5) is 0 Å². The fourth-order valence-electron chi connectivity index (χ4n) is 1.40. The number of nitrogens with two attached hydrogens (primary N) is 1. The number of primary amides is 1. The van der Waals surface area contributed by atoms with Gasteiger partial charge < -0.3 is 15.8 Å². The molecule has 1 atom stereocenters. The third kappa shape index (κ3) is 6.91. The second-order valence-corrected chi connectivity index (χ2v) is 4.32. The zero-order valence-electron chi connectivity index (χ0n) is 11.7. The fourth-order valence-corrected chi connectivity index (χ4v) is 1.40. The molecule has 0 bridgehead atoms. The maximum atomic E-state index is 11.5. The predicted octanol–water partition coefficient (Wildman–Crippen LogP) is 0.623. The number of amides is 2. The van der Waals surface area contributed by atoms with Crippen LogP contribution in [0.25, 0.3) is 6.08 Å². The van der Waals surface area contributed by atoms with Gasteiger partial charge in [0.05, 0.1) is 6.42 Å². The zero-order chi connectivity index (χ0) is 15.7. The second-order valence-electron chi connectivity index (χ2n) is 4.32. The third-order valence-corrected chi connectivity index (χ3v) is 2.56. The Morgan fingerprint density at radius 3 is 2.57 bits per heavy atom. The SMILES string of the molecule is C[C@H](OC(=O)CCNC(=O)/C=C/c1ccccc1)C(N)=O. The summed E-state index contributed by atoms with van der Waals surface area (Å²) in [7, 11) is 0. The first kappa shape index (κ1) is 16.4. The summed E-state index contributed by atoms with van der Waals surface area (Å²) in [6, 6.07) is 9.36. The van der Waals surface area contributed by atoms with Gasteiger partial charge in [-0.2, -0.15) is 0 Å². The average molecular weight is 290 g/mol. The first-order valence-corrected chi connectivity index (χ1v) is 6.49. The van der Waals surface area contributed by atoms with E-state index in [2.05, 4.69) is 5.32 Å². The van der Waals surface area contributed by atoms with Crippen LogP contribution in [0.2, 0.25) is 0 Å². The second kappa shape index (κ2) is 8.52. The Balaban J connectivity index is 2.26. The van der Waals surface area contributed by atoms with Gasteiger partial charge in [-0.05, 0) is 18.6 Å². The standard InChI is InChI=1S/C15H18N2O4/c1-11(15(16)20)21-14(19)9-10-17-13(18)8-7-12-5-3-2-4-6-12/h2-8,11H,9-10H2,1H3,(H2,16,20)(H,17,18)/b8-7+/t11-/m0/s1. The highest BCUT2D eigenvalue weighted by atomic mass is 16.5. The maximum absolute atomic E-state index is 11.5. The van der Waals surface area contributed by atoms with Crippen molar-refractivity contribution in [1.82, 2.24) is 5.32 Å². The van der Waals surface area contributed by atoms with Crippen molar-refractivity contribution in [1.29, 1.82) is 0 Å². The fraction of sp³-hybridized carbons (Fsp3) is 0.267. The Kier molecular flexibility index (Phi) is 6.67. The van der Waals surface area contributed by atoms with E-state index in [1.165, 1.54) is 13.0 Å². The number of rotatable bonds is 7. The Labute approximate surface area is 123 Å². The van der Waals surface area contributed by atoms with Crippen LogP contribution in [0.5, 0.6) is 0 Å². The normalized spacial score (nSPS) is 11.9. The number of hydrogen-bond acceptors (Lipinski definition) is 4. The molecule has 0 saturated heterocycles. The van der Waals surface area contributed by atoms with Gasteiger partial charge in [-0.1, -0.05) is 30.3 Å². The van der Waals surface area contributed by atoms with E-state index >= 15 is 0 Å². The molecule has 0 aliphatic rings. The highest BCUT2D eigenvalue weighted by Crippen LogP contribution is 2.00. The van der Waals surface area contributed by atoms with Gasteiger partial charge in [0.1, 0.15) is 0 Å². The van der Waals surface area contributed by atoms with Crippen molar-refractivity contribution in [2.75, 3.05) is 6.54 Å². The van der Waals surface area contributed by atoms with Crippen LogP contribution in [0.15, 0.2) is 36.4 Å². The smallest absolute Gasteiger partial charge is 0.308 e. The molecule has 21 heavy (non-hydrogen) atoms. The van der Waals surface area contributed by atoms with Crippen LogP contribution in [-0.2, 0) is 19.1 Å². The molecule has 0 aliphatic carbocycles. The Hall–Kier alpha value is -2.63. The van der Waals surface area contributed by atoms with E-state index in [4.69, 9.17) is 10.5 Å². The first-order chi connectivity index (χ1) is 9.99. The zero-order valence-corrected chi connectivity index (χ0v) is 11.7. The van der Waals surface area contributed by atoms with E-state index in [0.717, 1.165) is 5.56 Å². The molecule has 0 aromatic heterocycles. The Bertz CT molecular complexity index is 526.